The van der Waals surface area contributed by atoms with Gasteiger partial charge in [0.25, 0.3) is 0 Å². The number of carbonyl (C=O) groups excluding carboxylic acids is 1. The molecule has 0 aliphatic carbocycles. The Morgan fingerprint density at radius 3 is 2.86 bits per heavy atom. The summed E-state index contributed by atoms with van der Waals surface area (Å²) < 4.78 is 10.6. The van der Waals surface area contributed by atoms with Gasteiger partial charge in [-0.05, 0) is 63.4 Å². The Labute approximate surface area is 137 Å². The third-order valence-corrected chi connectivity index (χ3v) is 4.70. The van der Waals surface area contributed by atoms with E-state index in [2.05, 4.69) is 10.2 Å². The zero-order chi connectivity index (χ0) is 14.7. The third kappa shape index (κ3) is 3.83. The highest BCUT2D eigenvalue weighted by Crippen LogP contribution is 2.39. The van der Waals surface area contributed by atoms with Crippen molar-refractivity contribution in [2.45, 2.75) is 32.7 Å². The lowest BCUT2D eigenvalue weighted by atomic mass is 9.78. The van der Waals surface area contributed by atoms with E-state index in [1.54, 1.807) is 13.0 Å². The second-order valence-corrected chi connectivity index (χ2v) is 6.20. The summed E-state index contributed by atoms with van der Waals surface area (Å²) in [5.41, 5.74) is 0.502. The standard InChI is InChI=1S/C16H24N2O3.ClH/c1-2-20-15(19)14-4-3-13(21-14)11-18-10-7-16(12-18)5-8-17-9-6-16;/h3-4,17H,2,5-12H2,1H3;1H. The minimum Gasteiger partial charge on any atom is -0.460 e. The molecule has 0 aromatic carbocycles. The number of furan rings is 1. The van der Waals surface area contributed by atoms with E-state index in [0.29, 0.717) is 17.8 Å². The van der Waals surface area contributed by atoms with Crippen LogP contribution in [0.5, 0.6) is 0 Å². The molecule has 0 unspecified atom stereocenters. The molecule has 2 saturated heterocycles. The molecule has 2 aliphatic heterocycles. The summed E-state index contributed by atoms with van der Waals surface area (Å²) >= 11 is 0. The molecule has 1 N–H and O–H groups in total. The first-order valence-corrected chi connectivity index (χ1v) is 7.90. The average molecular weight is 329 g/mol. The molecule has 5 nitrogen and oxygen atoms in total. The SMILES string of the molecule is CCOC(=O)c1ccc(CN2CCC3(CCNCC3)C2)o1.Cl. The van der Waals surface area contributed by atoms with Crippen molar-refractivity contribution in [2.24, 2.45) is 5.41 Å². The summed E-state index contributed by atoms with van der Waals surface area (Å²) in [7, 11) is 0. The first-order chi connectivity index (χ1) is 10.2. The van der Waals surface area contributed by atoms with E-state index in [0.717, 1.165) is 38.5 Å². The summed E-state index contributed by atoms with van der Waals surface area (Å²) in [4.78, 5) is 14.0. The average Bonchev–Trinajstić information content (AvgIpc) is 3.09. The first-order valence-electron chi connectivity index (χ1n) is 7.90. The number of nitrogens with zero attached hydrogens (tertiary/aromatic N) is 1. The number of carbonyl (C=O) groups is 1. The lowest BCUT2D eigenvalue weighted by Gasteiger charge is -2.33. The van der Waals surface area contributed by atoms with Gasteiger partial charge in [0.15, 0.2) is 0 Å². The minimum absolute atomic E-state index is 0. The largest absolute Gasteiger partial charge is 0.460 e. The molecule has 0 radical (unpaired) electrons. The first kappa shape index (κ1) is 17.3. The number of rotatable bonds is 4. The van der Waals surface area contributed by atoms with Crippen LogP contribution in [0.15, 0.2) is 16.5 Å². The Morgan fingerprint density at radius 1 is 1.36 bits per heavy atom. The second-order valence-electron chi connectivity index (χ2n) is 6.20. The van der Waals surface area contributed by atoms with Gasteiger partial charge in [0.05, 0.1) is 13.2 Å². The predicted octanol–water partition coefficient (Wildman–Crippen LogP) is 2.45. The molecule has 124 valence electrons. The Kier molecular flexibility index (Phi) is 5.89. The number of hydrogen-bond acceptors (Lipinski definition) is 5. The molecule has 1 aromatic heterocycles. The van der Waals surface area contributed by atoms with Crippen molar-refractivity contribution in [1.29, 1.82) is 0 Å². The van der Waals surface area contributed by atoms with E-state index in [4.69, 9.17) is 9.15 Å². The molecule has 0 saturated carbocycles. The van der Waals surface area contributed by atoms with Crippen molar-refractivity contribution in [3.05, 3.63) is 23.7 Å². The number of ether oxygens (including phenoxy) is 1. The molecule has 3 rings (SSSR count). The van der Waals surface area contributed by atoms with Crippen LogP contribution in [0.3, 0.4) is 0 Å². The van der Waals surface area contributed by atoms with Gasteiger partial charge in [-0.2, -0.15) is 0 Å². The minimum atomic E-state index is -0.375. The van der Waals surface area contributed by atoms with Gasteiger partial charge in [-0.1, -0.05) is 0 Å². The van der Waals surface area contributed by atoms with Crippen molar-refractivity contribution in [3.8, 4) is 0 Å². The Hall–Kier alpha value is -1.04. The van der Waals surface area contributed by atoms with Gasteiger partial charge in [-0.15, -0.1) is 12.4 Å². The van der Waals surface area contributed by atoms with E-state index in [1.807, 2.05) is 6.07 Å². The van der Waals surface area contributed by atoms with Gasteiger partial charge in [-0.3, -0.25) is 4.90 Å². The van der Waals surface area contributed by atoms with Gasteiger partial charge in [0.1, 0.15) is 5.76 Å². The molecule has 6 heteroatoms. The second kappa shape index (κ2) is 7.49. The van der Waals surface area contributed by atoms with Crippen LogP contribution >= 0.6 is 12.4 Å². The molecule has 3 heterocycles. The highest BCUT2D eigenvalue weighted by atomic mass is 35.5. The van der Waals surface area contributed by atoms with Gasteiger partial charge in [0, 0.05) is 6.54 Å². The van der Waals surface area contributed by atoms with Crippen LogP contribution in [-0.4, -0.2) is 43.7 Å². The maximum Gasteiger partial charge on any atom is 0.374 e. The van der Waals surface area contributed by atoms with Gasteiger partial charge >= 0.3 is 5.97 Å². The number of halogens is 1. The van der Waals surface area contributed by atoms with Gasteiger partial charge in [0.2, 0.25) is 5.76 Å². The van der Waals surface area contributed by atoms with Crippen LogP contribution in [-0.2, 0) is 11.3 Å². The smallest absolute Gasteiger partial charge is 0.374 e. The van der Waals surface area contributed by atoms with Crippen molar-refractivity contribution in [1.82, 2.24) is 10.2 Å². The molecular weight excluding hydrogens is 304 g/mol. The lowest BCUT2D eigenvalue weighted by molar-refractivity contribution is 0.0486. The fraction of sp³-hybridized carbons (Fsp3) is 0.688. The molecule has 0 bridgehead atoms. The van der Waals surface area contributed by atoms with E-state index in [9.17, 15) is 4.79 Å². The van der Waals surface area contributed by atoms with E-state index in [1.165, 1.54) is 19.3 Å². The summed E-state index contributed by atoms with van der Waals surface area (Å²) in [5, 5.41) is 3.44. The van der Waals surface area contributed by atoms with Crippen molar-refractivity contribution in [2.75, 3.05) is 32.8 Å². The quantitative estimate of drug-likeness (QED) is 0.860. The van der Waals surface area contributed by atoms with Crippen molar-refractivity contribution in [3.63, 3.8) is 0 Å². The highest BCUT2D eigenvalue weighted by Gasteiger charge is 2.38. The van der Waals surface area contributed by atoms with Crippen LogP contribution in [0.2, 0.25) is 0 Å². The predicted molar refractivity (Wildman–Crippen MR) is 86.3 cm³/mol. The van der Waals surface area contributed by atoms with Crippen LogP contribution < -0.4 is 5.32 Å². The summed E-state index contributed by atoms with van der Waals surface area (Å²) in [5.74, 6) is 0.784. The topological polar surface area (TPSA) is 54.7 Å². The lowest BCUT2D eigenvalue weighted by Crippen LogP contribution is -2.38. The normalized spacial score (nSPS) is 20.8. The van der Waals surface area contributed by atoms with Gasteiger partial charge in [-0.25, -0.2) is 4.79 Å². The van der Waals surface area contributed by atoms with E-state index in [-0.39, 0.29) is 18.4 Å². The number of nitrogens with one attached hydrogen (secondary N) is 1. The monoisotopic (exact) mass is 328 g/mol. The number of hydrogen-bond donors (Lipinski definition) is 1. The van der Waals surface area contributed by atoms with Crippen LogP contribution in [0.4, 0.5) is 0 Å². The fourth-order valence-electron chi connectivity index (χ4n) is 3.52. The molecule has 0 atom stereocenters. The molecule has 22 heavy (non-hydrogen) atoms. The molecule has 1 aromatic rings. The number of piperidine rings is 1. The van der Waals surface area contributed by atoms with Crippen LogP contribution in [0.1, 0.15) is 42.5 Å². The molecule has 2 aliphatic rings. The Morgan fingerprint density at radius 2 is 2.14 bits per heavy atom. The Bertz CT molecular complexity index is 497. The van der Waals surface area contributed by atoms with Gasteiger partial charge < -0.3 is 14.5 Å². The van der Waals surface area contributed by atoms with E-state index >= 15 is 0 Å². The molecule has 1 spiro atoms. The zero-order valence-corrected chi connectivity index (χ0v) is 13.9. The zero-order valence-electron chi connectivity index (χ0n) is 13.1. The summed E-state index contributed by atoms with van der Waals surface area (Å²) in [6.45, 7) is 7.50. The Balaban J connectivity index is 0.00000176. The summed E-state index contributed by atoms with van der Waals surface area (Å²) in [6, 6.07) is 3.60. The summed E-state index contributed by atoms with van der Waals surface area (Å²) in [6.07, 6.45) is 3.82. The third-order valence-electron chi connectivity index (χ3n) is 4.70. The molecule has 2 fully saturated rings. The van der Waals surface area contributed by atoms with E-state index < -0.39 is 0 Å². The van der Waals surface area contributed by atoms with Crippen molar-refractivity contribution < 1.29 is 13.9 Å². The van der Waals surface area contributed by atoms with Crippen LogP contribution in [0.25, 0.3) is 0 Å². The highest BCUT2D eigenvalue weighted by molar-refractivity contribution is 5.86. The molecule has 0 amide bonds. The number of likely N-dealkylation sites (tertiary alicyclic amines) is 1. The maximum absolute atomic E-state index is 11.6. The fourth-order valence-corrected chi connectivity index (χ4v) is 3.52. The maximum atomic E-state index is 11.6. The van der Waals surface area contributed by atoms with Crippen LogP contribution in [0, 0.1) is 5.41 Å². The van der Waals surface area contributed by atoms with Crippen molar-refractivity contribution >= 4 is 18.4 Å². The number of esters is 1. The molecular formula is C16H25ClN2O3.